The number of para-hydroxylation sites is 1. The van der Waals surface area contributed by atoms with Gasteiger partial charge in [-0.1, -0.05) is 23.7 Å². The van der Waals surface area contributed by atoms with Crippen molar-refractivity contribution in [2.24, 2.45) is 0 Å². The first-order valence-electron chi connectivity index (χ1n) is 5.86. The van der Waals surface area contributed by atoms with Gasteiger partial charge < -0.3 is 0 Å². The predicted molar refractivity (Wildman–Crippen MR) is 75.0 cm³/mol. The Hall–Kier alpha value is -2.53. The maximum atomic E-state index is 11.2. The zero-order chi connectivity index (χ0) is 13.9. The van der Waals surface area contributed by atoms with E-state index in [1.165, 1.54) is 0 Å². The molecule has 3 rings (SSSR count). The molecule has 0 saturated heterocycles. The van der Waals surface area contributed by atoms with Gasteiger partial charge in [0.2, 0.25) is 0 Å². The van der Waals surface area contributed by atoms with Crippen LogP contribution in [0.1, 0.15) is 10.4 Å². The molecule has 0 fully saturated rings. The van der Waals surface area contributed by atoms with E-state index in [9.17, 15) is 4.79 Å². The number of carbonyl (C=O) groups excluding carboxylic acids is 1. The third kappa shape index (κ3) is 2.19. The summed E-state index contributed by atoms with van der Waals surface area (Å²) in [6.45, 7) is 0. The molecular formula is C14H9ClN4O. The van der Waals surface area contributed by atoms with Crippen LogP contribution in [0.3, 0.4) is 0 Å². The Kier molecular flexibility index (Phi) is 3.26. The van der Waals surface area contributed by atoms with E-state index in [2.05, 4.69) is 15.1 Å². The molecule has 0 amide bonds. The molecule has 3 aromatic rings. The second kappa shape index (κ2) is 5.22. The van der Waals surface area contributed by atoms with Crippen molar-refractivity contribution >= 4 is 17.9 Å². The highest BCUT2D eigenvalue weighted by Crippen LogP contribution is 2.23. The summed E-state index contributed by atoms with van der Waals surface area (Å²) >= 11 is 6.13. The van der Waals surface area contributed by atoms with Crippen molar-refractivity contribution in [3.05, 3.63) is 59.6 Å². The molecule has 0 bridgehead atoms. The van der Waals surface area contributed by atoms with Gasteiger partial charge in [-0.15, -0.1) is 0 Å². The van der Waals surface area contributed by atoms with E-state index in [1.807, 2.05) is 18.2 Å². The fourth-order valence-electron chi connectivity index (χ4n) is 1.85. The summed E-state index contributed by atoms with van der Waals surface area (Å²) in [5.41, 5.74) is 2.16. The van der Waals surface area contributed by atoms with E-state index in [-0.39, 0.29) is 0 Å². The molecule has 1 aromatic carbocycles. The van der Waals surface area contributed by atoms with Crippen LogP contribution in [0.25, 0.3) is 17.1 Å². The molecular weight excluding hydrogens is 276 g/mol. The SMILES string of the molecule is O=Cc1cn(-c2ccccc2Cl)nc1-c1cnccn1. The smallest absolute Gasteiger partial charge is 0.153 e. The number of benzene rings is 1. The van der Waals surface area contributed by atoms with E-state index in [0.717, 1.165) is 6.29 Å². The third-order valence-corrected chi connectivity index (χ3v) is 3.09. The molecule has 6 heteroatoms. The van der Waals surface area contributed by atoms with Crippen molar-refractivity contribution in [3.8, 4) is 17.1 Å². The van der Waals surface area contributed by atoms with Crippen molar-refractivity contribution < 1.29 is 4.79 Å². The van der Waals surface area contributed by atoms with Crippen molar-refractivity contribution in [2.45, 2.75) is 0 Å². The van der Waals surface area contributed by atoms with Crippen molar-refractivity contribution in [2.75, 3.05) is 0 Å². The fourth-order valence-corrected chi connectivity index (χ4v) is 2.08. The molecule has 0 unspecified atom stereocenters. The second-order valence-electron chi connectivity index (χ2n) is 4.04. The van der Waals surface area contributed by atoms with Crippen molar-refractivity contribution in [1.29, 1.82) is 0 Å². The number of halogens is 1. The summed E-state index contributed by atoms with van der Waals surface area (Å²) in [7, 11) is 0. The molecule has 5 nitrogen and oxygen atoms in total. The molecule has 0 radical (unpaired) electrons. The molecule has 20 heavy (non-hydrogen) atoms. The lowest BCUT2D eigenvalue weighted by Crippen LogP contribution is -1.96. The Morgan fingerprint density at radius 3 is 2.75 bits per heavy atom. The Balaban J connectivity index is 2.15. The van der Waals surface area contributed by atoms with E-state index >= 15 is 0 Å². The number of nitrogens with zero attached hydrogens (tertiary/aromatic N) is 4. The van der Waals surface area contributed by atoms with E-state index in [4.69, 9.17) is 11.6 Å². The lowest BCUT2D eigenvalue weighted by molar-refractivity contribution is 0.112. The summed E-state index contributed by atoms with van der Waals surface area (Å²) < 4.78 is 1.57. The third-order valence-electron chi connectivity index (χ3n) is 2.77. The van der Waals surface area contributed by atoms with Gasteiger partial charge >= 0.3 is 0 Å². The van der Waals surface area contributed by atoms with Crippen LogP contribution in [0.5, 0.6) is 0 Å². The Morgan fingerprint density at radius 1 is 1.20 bits per heavy atom. The molecule has 2 aromatic heterocycles. The topological polar surface area (TPSA) is 60.7 Å². The lowest BCUT2D eigenvalue weighted by Gasteiger charge is -2.02. The molecule has 0 aliphatic carbocycles. The molecule has 0 N–H and O–H groups in total. The van der Waals surface area contributed by atoms with Gasteiger partial charge in [0.1, 0.15) is 11.4 Å². The Labute approximate surface area is 119 Å². The van der Waals surface area contributed by atoms with Gasteiger partial charge in [0.15, 0.2) is 6.29 Å². The molecule has 98 valence electrons. The highest BCUT2D eigenvalue weighted by atomic mass is 35.5. The first-order chi connectivity index (χ1) is 9.79. The maximum absolute atomic E-state index is 11.2. The molecule has 0 spiro atoms. The van der Waals surface area contributed by atoms with Crippen molar-refractivity contribution in [1.82, 2.24) is 19.7 Å². The molecule has 0 aliphatic rings. The quantitative estimate of drug-likeness (QED) is 0.694. The normalized spacial score (nSPS) is 10.4. The molecule has 2 heterocycles. The Morgan fingerprint density at radius 2 is 2.05 bits per heavy atom. The number of aromatic nitrogens is 4. The van der Waals surface area contributed by atoms with Crippen molar-refractivity contribution in [3.63, 3.8) is 0 Å². The van der Waals surface area contributed by atoms with Gasteiger partial charge in [0.05, 0.1) is 22.5 Å². The lowest BCUT2D eigenvalue weighted by atomic mass is 10.2. The van der Waals surface area contributed by atoms with E-state index < -0.39 is 0 Å². The molecule has 0 saturated carbocycles. The van der Waals surface area contributed by atoms with E-state index in [0.29, 0.717) is 27.7 Å². The van der Waals surface area contributed by atoms with Gasteiger partial charge in [-0.3, -0.25) is 14.8 Å². The summed E-state index contributed by atoms with van der Waals surface area (Å²) in [6, 6.07) is 7.27. The fraction of sp³-hybridized carbons (Fsp3) is 0. The summed E-state index contributed by atoms with van der Waals surface area (Å²) in [6.07, 6.45) is 7.04. The number of rotatable bonds is 3. The van der Waals surface area contributed by atoms with Gasteiger partial charge in [-0.2, -0.15) is 5.10 Å². The highest BCUT2D eigenvalue weighted by molar-refractivity contribution is 6.32. The summed E-state index contributed by atoms with van der Waals surface area (Å²) in [4.78, 5) is 19.3. The first kappa shape index (κ1) is 12.5. The van der Waals surface area contributed by atoms with Crippen LogP contribution in [-0.2, 0) is 0 Å². The summed E-state index contributed by atoms with van der Waals surface area (Å²) in [5.74, 6) is 0. The Bertz CT molecular complexity index is 755. The molecule has 0 aliphatic heterocycles. The average Bonchev–Trinajstić information content (AvgIpc) is 2.92. The van der Waals surface area contributed by atoms with Crippen LogP contribution in [0.15, 0.2) is 49.1 Å². The van der Waals surface area contributed by atoms with Crippen LogP contribution in [0.4, 0.5) is 0 Å². The van der Waals surface area contributed by atoms with Crippen LogP contribution >= 0.6 is 11.6 Å². The van der Waals surface area contributed by atoms with Gasteiger partial charge in [0.25, 0.3) is 0 Å². The van der Waals surface area contributed by atoms with Gasteiger partial charge in [0, 0.05) is 18.6 Å². The monoisotopic (exact) mass is 284 g/mol. The van der Waals surface area contributed by atoms with E-state index in [1.54, 1.807) is 35.5 Å². The number of carbonyl (C=O) groups is 1. The standard InChI is InChI=1S/C14H9ClN4O/c15-11-3-1-2-4-13(11)19-8-10(9-20)14(18-19)12-7-16-5-6-17-12/h1-9H. The number of aldehydes is 1. The van der Waals surface area contributed by atoms with Gasteiger partial charge in [-0.25, -0.2) is 4.68 Å². The predicted octanol–water partition coefficient (Wildman–Crippen LogP) is 2.80. The minimum Gasteiger partial charge on any atom is -0.298 e. The minimum atomic E-state index is 0.436. The van der Waals surface area contributed by atoms with Crippen LogP contribution in [-0.4, -0.2) is 26.0 Å². The summed E-state index contributed by atoms with van der Waals surface area (Å²) in [5, 5.41) is 4.93. The maximum Gasteiger partial charge on any atom is 0.153 e. The molecule has 0 atom stereocenters. The van der Waals surface area contributed by atoms with Crippen LogP contribution in [0, 0.1) is 0 Å². The highest BCUT2D eigenvalue weighted by Gasteiger charge is 2.13. The second-order valence-corrected chi connectivity index (χ2v) is 4.44. The number of hydrogen-bond donors (Lipinski definition) is 0. The average molecular weight is 285 g/mol. The minimum absolute atomic E-state index is 0.436. The first-order valence-corrected chi connectivity index (χ1v) is 6.23. The number of hydrogen-bond acceptors (Lipinski definition) is 4. The largest absolute Gasteiger partial charge is 0.298 e. The zero-order valence-electron chi connectivity index (χ0n) is 10.3. The van der Waals surface area contributed by atoms with Gasteiger partial charge in [-0.05, 0) is 12.1 Å². The zero-order valence-corrected chi connectivity index (χ0v) is 11.0. The van der Waals surface area contributed by atoms with Crippen LogP contribution < -0.4 is 0 Å². The van der Waals surface area contributed by atoms with Crippen LogP contribution in [0.2, 0.25) is 5.02 Å².